The molecule has 0 bridgehead atoms. The average molecular weight is 362 g/mol. The van der Waals surface area contributed by atoms with E-state index in [4.69, 9.17) is 0 Å². The van der Waals surface area contributed by atoms with E-state index < -0.39 is 10.0 Å². The van der Waals surface area contributed by atoms with Crippen molar-refractivity contribution in [2.45, 2.75) is 11.4 Å². The van der Waals surface area contributed by atoms with E-state index in [-0.39, 0.29) is 4.90 Å². The molecule has 0 radical (unpaired) electrons. The van der Waals surface area contributed by atoms with Gasteiger partial charge in [0.25, 0.3) is 0 Å². The highest BCUT2D eigenvalue weighted by atomic mass is 32.2. The van der Waals surface area contributed by atoms with Gasteiger partial charge in [0.05, 0.1) is 11.7 Å². The monoisotopic (exact) mass is 362 g/mol. The molecule has 0 saturated heterocycles. The maximum absolute atomic E-state index is 12.5. The van der Waals surface area contributed by atoms with Gasteiger partial charge in [-0.15, -0.1) is 0 Å². The minimum atomic E-state index is -3.60. The van der Waals surface area contributed by atoms with Crippen molar-refractivity contribution >= 4 is 32.8 Å². The number of rotatable bonds is 7. The minimum absolute atomic E-state index is 0.180. The fourth-order valence-corrected chi connectivity index (χ4v) is 4.21. The van der Waals surface area contributed by atoms with Crippen molar-refractivity contribution in [3.63, 3.8) is 0 Å². The number of hydrogen-bond donors (Lipinski definition) is 1. The predicted octanol–water partition coefficient (Wildman–Crippen LogP) is 2.10. The van der Waals surface area contributed by atoms with Crippen molar-refractivity contribution in [2.24, 2.45) is 0 Å². The Morgan fingerprint density at radius 3 is 2.67 bits per heavy atom. The zero-order valence-corrected chi connectivity index (χ0v) is 14.8. The Morgan fingerprint density at radius 2 is 1.88 bits per heavy atom. The summed E-state index contributed by atoms with van der Waals surface area (Å²) in [7, 11) is -1.63. The molecule has 8 heteroatoms. The lowest BCUT2D eigenvalue weighted by Crippen LogP contribution is -2.32. The second kappa shape index (κ2) is 7.35. The highest BCUT2D eigenvalue weighted by molar-refractivity contribution is 7.89. The summed E-state index contributed by atoms with van der Waals surface area (Å²) in [6.45, 7) is 1.72. The second-order valence-corrected chi connectivity index (χ2v) is 7.77. The van der Waals surface area contributed by atoms with Crippen LogP contribution < -0.4 is 4.72 Å². The molecule has 0 unspecified atom stereocenters. The van der Waals surface area contributed by atoms with Gasteiger partial charge in [0.15, 0.2) is 0 Å². The van der Waals surface area contributed by atoms with E-state index in [2.05, 4.69) is 30.5 Å². The summed E-state index contributed by atoms with van der Waals surface area (Å²) in [5, 5.41) is 0. The van der Waals surface area contributed by atoms with Gasteiger partial charge in [-0.1, -0.05) is 36.4 Å². The standard InChI is InChI=1S/C16H18N4O2S2/c1-20(12-13-6-3-2-4-7-13)11-10-17-24(21,22)15-9-5-8-14-16(15)19-23-18-14/h2-9,17H,10-12H2,1H3. The highest BCUT2D eigenvalue weighted by Gasteiger charge is 2.19. The first kappa shape index (κ1) is 17.0. The van der Waals surface area contributed by atoms with Crippen LogP contribution in [0, 0.1) is 0 Å². The molecule has 0 spiro atoms. The third kappa shape index (κ3) is 3.96. The van der Waals surface area contributed by atoms with Gasteiger partial charge < -0.3 is 4.90 Å². The maximum Gasteiger partial charge on any atom is 0.242 e. The summed E-state index contributed by atoms with van der Waals surface area (Å²) in [6.07, 6.45) is 0. The lowest BCUT2D eigenvalue weighted by atomic mass is 10.2. The molecular formula is C16H18N4O2S2. The van der Waals surface area contributed by atoms with Crippen LogP contribution >= 0.6 is 11.7 Å². The number of likely N-dealkylation sites (N-methyl/N-ethyl adjacent to an activating group) is 1. The van der Waals surface area contributed by atoms with E-state index in [0.29, 0.717) is 24.1 Å². The van der Waals surface area contributed by atoms with E-state index in [9.17, 15) is 8.42 Å². The summed E-state index contributed by atoms with van der Waals surface area (Å²) < 4.78 is 35.8. The van der Waals surface area contributed by atoms with Crippen LogP contribution in [0.25, 0.3) is 11.0 Å². The Morgan fingerprint density at radius 1 is 1.08 bits per heavy atom. The minimum Gasteiger partial charge on any atom is -0.301 e. The molecule has 0 atom stereocenters. The average Bonchev–Trinajstić information content (AvgIpc) is 3.04. The zero-order valence-electron chi connectivity index (χ0n) is 13.2. The SMILES string of the molecule is CN(CCNS(=O)(=O)c1cccc2nsnc12)Cc1ccccc1. The third-order valence-corrected chi connectivity index (χ3v) is 5.65. The number of aromatic nitrogens is 2. The van der Waals surface area contributed by atoms with Crippen molar-refractivity contribution in [3.05, 3.63) is 54.1 Å². The number of fused-ring (bicyclic) bond motifs is 1. The van der Waals surface area contributed by atoms with Gasteiger partial charge >= 0.3 is 0 Å². The summed E-state index contributed by atoms with van der Waals surface area (Å²) in [5.74, 6) is 0. The Bertz CT molecular complexity index is 910. The Balaban J connectivity index is 1.60. The van der Waals surface area contributed by atoms with Crippen LogP contribution in [0.4, 0.5) is 0 Å². The number of nitrogens with zero attached hydrogens (tertiary/aromatic N) is 3. The molecule has 1 aromatic heterocycles. The molecule has 3 aromatic rings. The number of nitrogens with one attached hydrogen (secondary N) is 1. The van der Waals surface area contributed by atoms with Gasteiger partial charge in [0.1, 0.15) is 15.9 Å². The highest BCUT2D eigenvalue weighted by Crippen LogP contribution is 2.20. The van der Waals surface area contributed by atoms with Crippen molar-refractivity contribution in [3.8, 4) is 0 Å². The van der Waals surface area contributed by atoms with E-state index in [1.165, 1.54) is 5.56 Å². The lowest BCUT2D eigenvalue weighted by molar-refractivity contribution is 0.332. The fourth-order valence-electron chi connectivity index (χ4n) is 2.42. The Labute approximate surface area is 145 Å². The largest absolute Gasteiger partial charge is 0.301 e. The number of benzene rings is 2. The zero-order chi connectivity index (χ0) is 17.0. The topological polar surface area (TPSA) is 75.2 Å². The van der Waals surface area contributed by atoms with Crippen LogP contribution in [-0.4, -0.2) is 42.2 Å². The molecule has 1 heterocycles. The maximum atomic E-state index is 12.5. The van der Waals surface area contributed by atoms with Crippen LogP contribution in [0.3, 0.4) is 0 Å². The lowest BCUT2D eigenvalue weighted by Gasteiger charge is -2.17. The Hall–Kier alpha value is -1.87. The van der Waals surface area contributed by atoms with Gasteiger partial charge in [-0.25, -0.2) is 13.1 Å². The first-order chi connectivity index (χ1) is 11.6. The summed E-state index contributed by atoms with van der Waals surface area (Å²) in [6, 6.07) is 15.1. The predicted molar refractivity (Wildman–Crippen MR) is 95.4 cm³/mol. The molecule has 24 heavy (non-hydrogen) atoms. The molecule has 0 aliphatic rings. The normalized spacial score (nSPS) is 12.1. The summed E-state index contributed by atoms with van der Waals surface area (Å²) in [5.41, 5.74) is 2.22. The van der Waals surface area contributed by atoms with Crippen LogP contribution in [-0.2, 0) is 16.6 Å². The van der Waals surface area contributed by atoms with Gasteiger partial charge in [-0.3, -0.25) is 0 Å². The molecule has 0 saturated carbocycles. The molecule has 0 aliphatic heterocycles. The molecule has 6 nitrogen and oxygen atoms in total. The summed E-state index contributed by atoms with van der Waals surface area (Å²) >= 11 is 1.01. The van der Waals surface area contributed by atoms with Crippen LogP contribution in [0.5, 0.6) is 0 Å². The Kier molecular flexibility index (Phi) is 5.20. The quantitative estimate of drug-likeness (QED) is 0.697. The molecule has 3 rings (SSSR count). The van der Waals surface area contributed by atoms with E-state index in [0.717, 1.165) is 18.3 Å². The van der Waals surface area contributed by atoms with Crippen LogP contribution in [0.1, 0.15) is 5.56 Å². The molecule has 1 N–H and O–H groups in total. The third-order valence-electron chi connectivity index (χ3n) is 3.62. The fraction of sp³-hybridized carbons (Fsp3) is 0.250. The first-order valence-corrected chi connectivity index (χ1v) is 9.71. The molecule has 0 fully saturated rings. The van der Waals surface area contributed by atoms with Crippen molar-refractivity contribution in [1.82, 2.24) is 18.4 Å². The smallest absolute Gasteiger partial charge is 0.242 e. The molecular weight excluding hydrogens is 344 g/mol. The van der Waals surface area contributed by atoms with Gasteiger partial charge in [0.2, 0.25) is 10.0 Å². The van der Waals surface area contributed by atoms with Gasteiger partial charge in [0, 0.05) is 19.6 Å². The van der Waals surface area contributed by atoms with E-state index >= 15 is 0 Å². The van der Waals surface area contributed by atoms with Crippen LogP contribution in [0.2, 0.25) is 0 Å². The van der Waals surface area contributed by atoms with Gasteiger partial charge in [-0.2, -0.15) is 8.75 Å². The first-order valence-electron chi connectivity index (χ1n) is 7.50. The van der Waals surface area contributed by atoms with Crippen molar-refractivity contribution < 1.29 is 8.42 Å². The molecule has 2 aromatic carbocycles. The second-order valence-electron chi connectivity index (χ2n) is 5.51. The van der Waals surface area contributed by atoms with E-state index in [1.807, 2.05) is 25.2 Å². The molecule has 0 aliphatic carbocycles. The molecule has 126 valence electrons. The summed E-state index contributed by atoms with van der Waals surface area (Å²) in [4.78, 5) is 2.25. The van der Waals surface area contributed by atoms with Crippen molar-refractivity contribution in [1.29, 1.82) is 0 Å². The van der Waals surface area contributed by atoms with Crippen molar-refractivity contribution in [2.75, 3.05) is 20.1 Å². The van der Waals surface area contributed by atoms with Crippen LogP contribution in [0.15, 0.2) is 53.4 Å². The number of sulfonamides is 1. The number of hydrogen-bond acceptors (Lipinski definition) is 6. The molecule has 0 amide bonds. The van der Waals surface area contributed by atoms with Gasteiger partial charge in [-0.05, 0) is 24.7 Å². The van der Waals surface area contributed by atoms with E-state index in [1.54, 1.807) is 18.2 Å².